The molecule has 3 aliphatic heterocycles. The summed E-state index contributed by atoms with van der Waals surface area (Å²) in [6.07, 6.45) is 6.82. The molecule has 0 aromatic heterocycles. The molecule has 3 unspecified atom stereocenters. The highest BCUT2D eigenvalue weighted by Crippen LogP contribution is 2.89. The van der Waals surface area contributed by atoms with Gasteiger partial charge in [0.05, 0.1) is 43.2 Å². The van der Waals surface area contributed by atoms with E-state index in [0.717, 1.165) is 71.0 Å². The van der Waals surface area contributed by atoms with Crippen LogP contribution in [0.2, 0.25) is 0 Å². The van der Waals surface area contributed by atoms with Crippen molar-refractivity contribution in [3.63, 3.8) is 0 Å². The number of hydrogen-bond donors (Lipinski definition) is 3. The van der Waals surface area contributed by atoms with Crippen LogP contribution < -0.4 is 0 Å². The second-order valence-corrected chi connectivity index (χ2v) is 20.5. The van der Waals surface area contributed by atoms with Gasteiger partial charge in [0.25, 0.3) is 0 Å². The lowest BCUT2D eigenvalue weighted by atomic mass is 9.41. The molecule has 3 N–H and O–H groups in total. The number of aliphatic hydroxyl groups is 3. The Morgan fingerprint density at radius 2 is 1.68 bits per heavy atom. The fourth-order valence-corrected chi connectivity index (χ4v) is 14.9. The Morgan fingerprint density at radius 1 is 0.960 bits per heavy atom. The molecule has 8 rings (SSSR count). The van der Waals surface area contributed by atoms with Crippen molar-refractivity contribution in [3.05, 3.63) is 0 Å². The predicted octanol–water partition coefficient (Wildman–Crippen LogP) is 4.55. The highest BCUT2D eigenvalue weighted by Gasteiger charge is 2.84. The van der Waals surface area contributed by atoms with Crippen molar-refractivity contribution in [2.45, 2.75) is 142 Å². The molecule has 0 bridgehead atoms. The van der Waals surface area contributed by atoms with Crippen molar-refractivity contribution < 1.29 is 34.3 Å². The summed E-state index contributed by atoms with van der Waals surface area (Å²) in [4.78, 5) is 5.07. The second kappa shape index (κ2) is 12.3. The van der Waals surface area contributed by atoms with Crippen molar-refractivity contribution in [2.24, 2.45) is 56.7 Å². The van der Waals surface area contributed by atoms with E-state index in [4.69, 9.17) is 18.9 Å². The van der Waals surface area contributed by atoms with Gasteiger partial charge >= 0.3 is 0 Å². The molecule has 5 saturated carbocycles. The summed E-state index contributed by atoms with van der Waals surface area (Å²) < 4.78 is 25.3. The molecule has 286 valence electrons. The number of fused-ring (bicyclic) bond motifs is 4. The first-order valence-electron chi connectivity index (χ1n) is 20.5. The third-order valence-corrected chi connectivity index (χ3v) is 17.4. The summed E-state index contributed by atoms with van der Waals surface area (Å²) in [5.74, 6) is 2.39. The average molecular weight is 703 g/mol. The maximum absolute atomic E-state index is 12.5. The van der Waals surface area contributed by atoms with Crippen LogP contribution in [-0.2, 0) is 18.9 Å². The van der Waals surface area contributed by atoms with Gasteiger partial charge in [-0.1, -0.05) is 34.6 Å². The van der Waals surface area contributed by atoms with Crippen LogP contribution in [0.25, 0.3) is 0 Å². The van der Waals surface area contributed by atoms with Gasteiger partial charge in [0, 0.05) is 51.8 Å². The minimum atomic E-state index is -1.25. The molecule has 5 aliphatic carbocycles. The first-order valence-corrected chi connectivity index (χ1v) is 20.5. The van der Waals surface area contributed by atoms with E-state index in [1.165, 1.54) is 38.8 Å². The summed E-state index contributed by atoms with van der Waals surface area (Å²) in [7, 11) is 1.78. The van der Waals surface area contributed by atoms with E-state index in [1.54, 1.807) is 21.0 Å². The average Bonchev–Trinajstić information content (AvgIpc) is 3.67. The topological polar surface area (TPSA) is 104 Å². The normalized spacial score (nSPS) is 51.1. The summed E-state index contributed by atoms with van der Waals surface area (Å²) in [5.41, 5.74) is -0.817. The molecular formula is C41H70N2O7. The summed E-state index contributed by atoms with van der Waals surface area (Å²) in [6.45, 7) is 23.5. The van der Waals surface area contributed by atoms with E-state index in [1.807, 2.05) is 0 Å². The first kappa shape index (κ1) is 36.6. The number of morpholine rings is 1. The Morgan fingerprint density at radius 3 is 2.40 bits per heavy atom. The lowest BCUT2D eigenvalue weighted by Crippen LogP contribution is -2.60. The second-order valence-electron chi connectivity index (χ2n) is 20.5. The summed E-state index contributed by atoms with van der Waals surface area (Å²) in [6, 6.07) is 0. The maximum Gasteiger partial charge on any atom is 0.170 e. The molecule has 3 saturated heterocycles. The zero-order valence-corrected chi connectivity index (χ0v) is 32.5. The third kappa shape index (κ3) is 5.17. The van der Waals surface area contributed by atoms with Gasteiger partial charge < -0.3 is 39.2 Å². The SMILES string of the molecule is COCCN1CC(CN2CCO[C@@H](O[C@H]3CC[C@]45C[C@]46CC[C@]4(C)[C@@H]7C(OC([C@H](O)C(C)(C)O)C[C@H]7C)[C@H](O)[C@@]4(C)C6CC[C@H]5C3(C)C)C2)C1. The van der Waals surface area contributed by atoms with Crippen molar-refractivity contribution in [1.29, 1.82) is 0 Å². The van der Waals surface area contributed by atoms with Gasteiger partial charge in [-0.25, -0.2) is 0 Å². The summed E-state index contributed by atoms with van der Waals surface area (Å²) in [5, 5.41) is 34.2. The number of rotatable bonds is 9. The Hall–Kier alpha value is -0.360. The molecule has 8 aliphatic rings. The van der Waals surface area contributed by atoms with E-state index in [9.17, 15) is 15.3 Å². The first-order chi connectivity index (χ1) is 23.5. The van der Waals surface area contributed by atoms with E-state index in [-0.39, 0.29) is 46.1 Å². The van der Waals surface area contributed by atoms with Gasteiger partial charge in [-0.2, -0.15) is 0 Å². The van der Waals surface area contributed by atoms with Crippen molar-refractivity contribution >= 4 is 0 Å². The van der Waals surface area contributed by atoms with Crippen LogP contribution in [0.5, 0.6) is 0 Å². The van der Waals surface area contributed by atoms with Crippen LogP contribution in [0.15, 0.2) is 0 Å². The Labute approximate surface area is 302 Å². The molecule has 50 heavy (non-hydrogen) atoms. The molecular weight excluding hydrogens is 632 g/mol. The zero-order valence-electron chi connectivity index (χ0n) is 32.5. The van der Waals surface area contributed by atoms with E-state index in [0.29, 0.717) is 23.2 Å². The fraction of sp³-hybridized carbons (Fsp3) is 1.00. The van der Waals surface area contributed by atoms with Gasteiger partial charge in [0.1, 0.15) is 6.10 Å². The molecule has 2 spiro atoms. The van der Waals surface area contributed by atoms with Gasteiger partial charge in [0.2, 0.25) is 0 Å². The molecule has 8 fully saturated rings. The standard InChI is InChI=1S/C41H70N2O7/c1-25-19-27(34(44)37(4,5)46)49-33-32(25)38(6)13-14-41-24-40(41)12-11-30(36(2,3)28(40)9-10-29(41)39(38,7)35(33)45)50-31-23-43(16-18-48-31)22-26-20-42(21-26)15-17-47-8/h25-35,44-46H,9-24H2,1-8H3/t25-,27?,28+,29?,30+,31+,32+,33?,34+,35+,38-,39-,40-,41+/m1/s1. The highest BCUT2D eigenvalue weighted by molar-refractivity contribution is 5.33. The molecule has 9 heteroatoms. The smallest absolute Gasteiger partial charge is 0.170 e. The largest absolute Gasteiger partial charge is 0.390 e. The van der Waals surface area contributed by atoms with Crippen molar-refractivity contribution in [2.75, 3.05) is 59.6 Å². The Kier molecular flexibility index (Phi) is 9.02. The van der Waals surface area contributed by atoms with Gasteiger partial charge in [-0.3, -0.25) is 4.90 Å². The molecule has 0 radical (unpaired) electrons. The van der Waals surface area contributed by atoms with Crippen molar-refractivity contribution in [3.8, 4) is 0 Å². The Balaban J connectivity index is 0.951. The monoisotopic (exact) mass is 703 g/mol. The maximum atomic E-state index is 12.5. The number of methoxy groups -OCH3 is 1. The van der Waals surface area contributed by atoms with E-state index < -0.39 is 23.9 Å². The minimum absolute atomic E-state index is 0.0184. The van der Waals surface area contributed by atoms with Gasteiger partial charge in [-0.05, 0) is 116 Å². The lowest BCUT2D eigenvalue weighted by Gasteiger charge is -2.64. The minimum Gasteiger partial charge on any atom is -0.390 e. The van der Waals surface area contributed by atoms with Crippen LogP contribution in [0, 0.1) is 56.7 Å². The number of nitrogens with zero attached hydrogens (tertiary/aromatic N) is 2. The van der Waals surface area contributed by atoms with Crippen molar-refractivity contribution in [1.82, 2.24) is 9.80 Å². The fourth-order valence-electron chi connectivity index (χ4n) is 14.9. The predicted molar refractivity (Wildman–Crippen MR) is 191 cm³/mol. The Bertz CT molecular complexity index is 1270. The van der Waals surface area contributed by atoms with Crippen LogP contribution in [-0.4, -0.2) is 127 Å². The highest BCUT2D eigenvalue weighted by atomic mass is 16.7. The van der Waals surface area contributed by atoms with E-state index in [2.05, 4.69) is 44.4 Å². The number of aliphatic hydroxyl groups excluding tert-OH is 2. The van der Waals surface area contributed by atoms with Crippen LogP contribution in [0.3, 0.4) is 0 Å². The van der Waals surface area contributed by atoms with Gasteiger partial charge in [0.15, 0.2) is 6.29 Å². The molecule has 0 aromatic rings. The molecule has 3 heterocycles. The number of ether oxygens (including phenoxy) is 4. The summed E-state index contributed by atoms with van der Waals surface area (Å²) >= 11 is 0. The number of likely N-dealkylation sites (tertiary alicyclic amines) is 1. The van der Waals surface area contributed by atoms with Crippen LogP contribution >= 0.6 is 0 Å². The number of hydrogen-bond acceptors (Lipinski definition) is 9. The molecule has 14 atom stereocenters. The molecule has 9 nitrogen and oxygen atoms in total. The van der Waals surface area contributed by atoms with Gasteiger partial charge in [-0.15, -0.1) is 0 Å². The molecule has 0 aromatic carbocycles. The van der Waals surface area contributed by atoms with E-state index >= 15 is 0 Å². The quantitative estimate of drug-likeness (QED) is 0.319. The third-order valence-electron chi connectivity index (χ3n) is 17.4. The lowest BCUT2D eigenvalue weighted by molar-refractivity contribution is -0.249. The van der Waals surface area contributed by atoms with Crippen LogP contribution in [0.4, 0.5) is 0 Å². The zero-order chi connectivity index (χ0) is 35.6. The molecule has 0 amide bonds. The van der Waals surface area contributed by atoms with Crippen LogP contribution in [0.1, 0.15) is 99.8 Å².